The minimum atomic E-state index is -0.266. The Labute approximate surface area is 121 Å². The van der Waals surface area contributed by atoms with Gasteiger partial charge in [0.05, 0.1) is 0 Å². The molecule has 0 aliphatic carbocycles. The van der Waals surface area contributed by atoms with Crippen molar-refractivity contribution in [2.24, 2.45) is 5.41 Å². The van der Waals surface area contributed by atoms with E-state index in [4.69, 9.17) is 0 Å². The highest BCUT2D eigenvalue weighted by Gasteiger charge is 2.18. The summed E-state index contributed by atoms with van der Waals surface area (Å²) in [6, 6.07) is 6.87. The van der Waals surface area contributed by atoms with Crippen molar-refractivity contribution in [2.75, 3.05) is 0 Å². The summed E-state index contributed by atoms with van der Waals surface area (Å²) >= 11 is 0. The summed E-state index contributed by atoms with van der Waals surface area (Å²) in [4.78, 5) is 24.0. The van der Waals surface area contributed by atoms with E-state index in [2.05, 4.69) is 5.32 Å². The maximum atomic E-state index is 12.1. The fraction of sp³-hybridized carbons (Fsp3) is 0.529. The summed E-state index contributed by atoms with van der Waals surface area (Å²) in [5, 5.41) is 2.90. The molecule has 1 amide bonds. The maximum Gasteiger partial charge on any atom is 0.251 e. The first-order chi connectivity index (χ1) is 8.98. The van der Waals surface area contributed by atoms with Crippen LogP contribution < -0.4 is 5.32 Å². The fourth-order valence-electron chi connectivity index (χ4n) is 1.80. The molecular formula is C17H25NO2. The number of hydrogen-bond donors (Lipinski definition) is 1. The molecule has 110 valence electrons. The molecule has 0 aliphatic heterocycles. The molecule has 20 heavy (non-hydrogen) atoms. The average molecular weight is 275 g/mol. The number of nitrogens with one attached hydrogen (secondary N) is 1. The Balaban J connectivity index is 2.79. The Morgan fingerprint density at radius 3 is 1.75 bits per heavy atom. The third kappa shape index (κ3) is 5.55. The number of carbonyl (C=O) groups is 2. The smallest absolute Gasteiger partial charge is 0.251 e. The van der Waals surface area contributed by atoms with Gasteiger partial charge in [-0.2, -0.15) is 0 Å². The summed E-state index contributed by atoms with van der Waals surface area (Å²) in [5.41, 5.74) is 0.941. The fourth-order valence-corrected chi connectivity index (χ4v) is 1.80. The molecule has 1 N–H and O–H groups in total. The second-order valence-electron chi connectivity index (χ2n) is 7.44. The highest BCUT2D eigenvalue weighted by molar-refractivity contribution is 5.99. The van der Waals surface area contributed by atoms with Crippen molar-refractivity contribution < 1.29 is 9.59 Å². The quantitative estimate of drug-likeness (QED) is 0.852. The molecule has 0 saturated heterocycles. The van der Waals surface area contributed by atoms with Gasteiger partial charge in [0.15, 0.2) is 5.78 Å². The Morgan fingerprint density at radius 1 is 0.900 bits per heavy atom. The zero-order valence-electron chi connectivity index (χ0n) is 13.3. The highest BCUT2D eigenvalue weighted by Crippen LogP contribution is 2.21. The molecule has 0 heterocycles. The lowest BCUT2D eigenvalue weighted by Crippen LogP contribution is -2.40. The molecule has 0 aromatic heterocycles. The van der Waals surface area contributed by atoms with E-state index in [0.717, 1.165) is 0 Å². The monoisotopic (exact) mass is 275 g/mol. The molecule has 1 aromatic rings. The van der Waals surface area contributed by atoms with Gasteiger partial charge in [0, 0.05) is 23.1 Å². The van der Waals surface area contributed by atoms with Gasteiger partial charge in [-0.25, -0.2) is 0 Å². The van der Waals surface area contributed by atoms with Crippen LogP contribution in [-0.2, 0) is 0 Å². The molecule has 0 spiro atoms. The van der Waals surface area contributed by atoms with Gasteiger partial charge < -0.3 is 5.32 Å². The molecule has 0 bridgehead atoms. The zero-order valence-corrected chi connectivity index (χ0v) is 13.3. The van der Waals surface area contributed by atoms with Crippen molar-refractivity contribution in [1.29, 1.82) is 0 Å². The van der Waals surface area contributed by atoms with E-state index < -0.39 is 0 Å². The van der Waals surface area contributed by atoms with Gasteiger partial charge in [-0.1, -0.05) is 32.9 Å². The second kappa shape index (κ2) is 5.78. The first-order valence-corrected chi connectivity index (χ1v) is 6.94. The first kappa shape index (κ1) is 16.4. The van der Waals surface area contributed by atoms with Crippen LogP contribution in [0.5, 0.6) is 0 Å². The van der Waals surface area contributed by atoms with Crippen molar-refractivity contribution in [2.45, 2.75) is 53.5 Å². The van der Waals surface area contributed by atoms with E-state index in [-0.39, 0.29) is 22.6 Å². The number of Topliss-reactive ketones (excluding diaryl/α,β-unsaturated/α-hetero) is 1. The van der Waals surface area contributed by atoms with Gasteiger partial charge >= 0.3 is 0 Å². The molecule has 1 aromatic carbocycles. The van der Waals surface area contributed by atoms with Crippen LogP contribution in [-0.4, -0.2) is 17.2 Å². The number of rotatable bonds is 3. The lowest BCUT2D eigenvalue weighted by molar-refractivity contribution is 0.0913. The van der Waals surface area contributed by atoms with Gasteiger partial charge in [-0.3, -0.25) is 9.59 Å². The van der Waals surface area contributed by atoms with Crippen LogP contribution in [0.4, 0.5) is 0 Å². The van der Waals surface area contributed by atoms with Gasteiger partial charge in [0.2, 0.25) is 0 Å². The van der Waals surface area contributed by atoms with Crippen LogP contribution >= 0.6 is 0 Å². The van der Waals surface area contributed by atoms with E-state index >= 15 is 0 Å². The van der Waals surface area contributed by atoms with Crippen LogP contribution in [0.25, 0.3) is 0 Å². The lowest BCUT2D eigenvalue weighted by Gasteiger charge is -2.20. The molecule has 0 saturated carbocycles. The Morgan fingerprint density at radius 2 is 1.35 bits per heavy atom. The van der Waals surface area contributed by atoms with Crippen LogP contribution in [0, 0.1) is 5.41 Å². The van der Waals surface area contributed by atoms with Crippen LogP contribution in [0.15, 0.2) is 24.3 Å². The van der Waals surface area contributed by atoms with E-state index in [9.17, 15) is 9.59 Å². The predicted molar refractivity (Wildman–Crippen MR) is 82.1 cm³/mol. The molecule has 0 fully saturated rings. The van der Waals surface area contributed by atoms with Gasteiger partial charge in [-0.15, -0.1) is 0 Å². The summed E-state index contributed by atoms with van der Waals surface area (Å²) in [6.45, 7) is 11.9. The SMILES string of the molecule is CC(C)(C)CC(=O)c1ccc(C(=O)NC(C)(C)C)cc1. The van der Waals surface area contributed by atoms with E-state index in [1.165, 1.54) is 0 Å². The van der Waals surface area contributed by atoms with Crippen LogP contribution in [0.1, 0.15) is 68.7 Å². The van der Waals surface area contributed by atoms with E-state index in [1.54, 1.807) is 24.3 Å². The van der Waals surface area contributed by atoms with Crippen molar-refractivity contribution in [1.82, 2.24) is 5.32 Å². The Hall–Kier alpha value is -1.64. The molecule has 1 rings (SSSR count). The van der Waals surface area contributed by atoms with Crippen molar-refractivity contribution in [3.05, 3.63) is 35.4 Å². The maximum absolute atomic E-state index is 12.1. The molecule has 0 radical (unpaired) electrons. The Bertz CT molecular complexity index is 440. The topological polar surface area (TPSA) is 46.2 Å². The number of carbonyl (C=O) groups excluding carboxylic acids is 2. The predicted octanol–water partition coefficient (Wildman–Crippen LogP) is 3.83. The molecule has 0 aliphatic rings. The number of benzene rings is 1. The van der Waals surface area contributed by atoms with Crippen molar-refractivity contribution in [3.63, 3.8) is 0 Å². The van der Waals surface area contributed by atoms with Gasteiger partial charge in [-0.05, 0) is 38.3 Å². The molecule has 0 atom stereocenters. The zero-order chi connectivity index (χ0) is 15.6. The minimum Gasteiger partial charge on any atom is -0.347 e. The van der Waals surface area contributed by atoms with E-state index in [0.29, 0.717) is 17.5 Å². The van der Waals surface area contributed by atoms with Crippen molar-refractivity contribution in [3.8, 4) is 0 Å². The average Bonchev–Trinajstić information content (AvgIpc) is 2.24. The van der Waals surface area contributed by atoms with Gasteiger partial charge in [0.25, 0.3) is 5.91 Å². The summed E-state index contributed by atoms with van der Waals surface area (Å²) in [5.74, 6) is -0.00685. The molecule has 3 heteroatoms. The van der Waals surface area contributed by atoms with E-state index in [1.807, 2.05) is 41.5 Å². The number of ketones is 1. The Kier molecular flexibility index (Phi) is 4.74. The first-order valence-electron chi connectivity index (χ1n) is 6.94. The minimum absolute atomic E-state index is 0.0284. The molecule has 0 unspecified atom stereocenters. The second-order valence-corrected chi connectivity index (χ2v) is 7.44. The largest absolute Gasteiger partial charge is 0.347 e. The summed E-state index contributed by atoms with van der Waals surface area (Å²) < 4.78 is 0. The standard InChI is InChI=1S/C17H25NO2/c1-16(2,3)11-14(19)12-7-9-13(10-8-12)15(20)18-17(4,5)6/h7-10H,11H2,1-6H3,(H,18,20). The molecular weight excluding hydrogens is 250 g/mol. The van der Waals surface area contributed by atoms with Gasteiger partial charge in [0.1, 0.15) is 0 Å². The third-order valence-electron chi connectivity index (χ3n) is 2.65. The third-order valence-corrected chi connectivity index (χ3v) is 2.65. The van der Waals surface area contributed by atoms with Crippen LogP contribution in [0.2, 0.25) is 0 Å². The lowest BCUT2D eigenvalue weighted by atomic mass is 9.88. The highest BCUT2D eigenvalue weighted by atomic mass is 16.1. The molecule has 3 nitrogen and oxygen atoms in total. The normalized spacial score (nSPS) is 12.1. The number of hydrogen-bond acceptors (Lipinski definition) is 2. The number of amides is 1. The van der Waals surface area contributed by atoms with Crippen molar-refractivity contribution >= 4 is 11.7 Å². The summed E-state index contributed by atoms with van der Waals surface area (Å²) in [6.07, 6.45) is 0.501. The van der Waals surface area contributed by atoms with Crippen LogP contribution in [0.3, 0.4) is 0 Å². The summed E-state index contributed by atoms with van der Waals surface area (Å²) in [7, 11) is 0.